The van der Waals surface area contributed by atoms with Crippen LogP contribution in [0.5, 0.6) is 0 Å². The molecule has 6 nitrogen and oxygen atoms in total. The fraction of sp³-hybridized carbons (Fsp3) is 0.0385. The van der Waals surface area contributed by atoms with E-state index in [1.165, 1.54) is 0 Å². The Hall–Kier alpha value is -4.45. The number of nitrogens with one attached hydrogen (secondary N) is 1. The quantitative estimate of drug-likeness (QED) is 0.395. The monoisotopic (exact) mass is 423 g/mol. The van der Waals surface area contributed by atoms with Gasteiger partial charge < -0.3 is 14.2 Å². The van der Waals surface area contributed by atoms with E-state index in [0.29, 0.717) is 27.5 Å². The first-order valence-electron chi connectivity index (χ1n) is 9.98. The van der Waals surface area contributed by atoms with Crippen molar-refractivity contribution in [2.45, 2.75) is 6.92 Å². The summed E-state index contributed by atoms with van der Waals surface area (Å²) in [6.45, 7) is 1.87. The molecule has 1 amide bonds. The van der Waals surface area contributed by atoms with E-state index in [1.54, 1.807) is 72.8 Å². The molecular formula is C26H17NO5. The van der Waals surface area contributed by atoms with Crippen LogP contribution in [0, 0.1) is 6.92 Å². The molecule has 2 heterocycles. The maximum atomic E-state index is 13.1. The Morgan fingerprint density at radius 2 is 1.50 bits per heavy atom. The molecule has 0 atom stereocenters. The molecule has 0 saturated carbocycles. The minimum Gasteiger partial charge on any atom is -0.451 e. The average molecular weight is 423 g/mol. The number of amides is 1. The highest BCUT2D eigenvalue weighted by Gasteiger charge is 2.24. The Morgan fingerprint density at radius 1 is 0.781 bits per heavy atom. The van der Waals surface area contributed by atoms with Gasteiger partial charge in [0, 0.05) is 17.0 Å². The summed E-state index contributed by atoms with van der Waals surface area (Å²) in [7, 11) is 0. The predicted octanol–water partition coefficient (Wildman–Crippen LogP) is 5.33. The first kappa shape index (κ1) is 19.5. The molecule has 0 spiro atoms. The second-order valence-electron chi connectivity index (χ2n) is 7.43. The third-order valence-corrected chi connectivity index (χ3v) is 5.18. The Bertz CT molecular complexity index is 1560. The van der Waals surface area contributed by atoms with Crippen LogP contribution in [-0.4, -0.2) is 11.7 Å². The van der Waals surface area contributed by atoms with Crippen LogP contribution in [-0.2, 0) is 0 Å². The van der Waals surface area contributed by atoms with E-state index in [4.69, 9.17) is 8.83 Å². The number of rotatable bonds is 4. The SMILES string of the molecule is Cc1ccc2oc(C(=O)Nc3c(C(=O)c4ccccc4)oc4ccccc34)cc(=O)c2c1. The second kappa shape index (κ2) is 7.67. The summed E-state index contributed by atoms with van der Waals surface area (Å²) in [5, 5.41) is 3.68. The van der Waals surface area contributed by atoms with Crippen molar-refractivity contribution < 1.29 is 18.4 Å². The van der Waals surface area contributed by atoms with Crippen LogP contribution in [0.2, 0.25) is 0 Å². The third kappa shape index (κ3) is 3.37. The molecule has 0 aliphatic carbocycles. The van der Waals surface area contributed by atoms with Crippen molar-refractivity contribution in [1.29, 1.82) is 0 Å². The molecule has 0 saturated heterocycles. The molecule has 0 aliphatic rings. The van der Waals surface area contributed by atoms with Gasteiger partial charge in [0.25, 0.3) is 5.91 Å². The van der Waals surface area contributed by atoms with Gasteiger partial charge in [-0.05, 0) is 31.2 Å². The molecule has 32 heavy (non-hydrogen) atoms. The third-order valence-electron chi connectivity index (χ3n) is 5.18. The maximum absolute atomic E-state index is 13.1. The summed E-state index contributed by atoms with van der Waals surface area (Å²) in [6, 6.07) is 22.0. The van der Waals surface area contributed by atoms with Crippen molar-refractivity contribution in [2.24, 2.45) is 0 Å². The van der Waals surface area contributed by atoms with Crippen molar-refractivity contribution in [3.8, 4) is 0 Å². The van der Waals surface area contributed by atoms with Gasteiger partial charge in [-0.15, -0.1) is 0 Å². The average Bonchev–Trinajstić information content (AvgIpc) is 3.18. The number of ketones is 1. The number of fused-ring (bicyclic) bond motifs is 2. The van der Waals surface area contributed by atoms with E-state index < -0.39 is 5.91 Å². The molecule has 0 fully saturated rings. The van der Waals surface area contributed by atoms with Gasteiger partial charge >= 0.3 is 0 Å². The molecule has 5 aromatic rings. The van der Waals surface area contributed by atoms with Gasteiger partial charge in [-0.2, -0.15) is 0 Å². The number of carbonyl (C=O) groups is 2. The van der Waals surface area contributed by atoms with Crippen LogP contribution in [0.3, 0.4) is 0 Å². The largest absolute Gasteiger partial charge is 0.451 e. The molecule has 0 aliphatic heterocycles. The zero-order valence-electron chi connectivity index (χ0n) is 17.0. The number of furan rings is 1. The lowest BCUT2D eigenvalue weighted by Crippen LogP contribution is -2.16. The smallest absolute Gasteiger partial charge is 0.291 e. The first-order chi connectivity index (χ1) is 15.5. The summed E-state index contributed by atoms with van der Waals surface area (Å²) >= 11 is 0. The van der Waals surface area contributed by atoms with Crippen molar-refractivity contribution in [3.63, 3.8) is 0 Å². The van der Waals surface area contributed by atoms with Gasteiger partial charge in [-0.25, -0.2) is 0 Å². The topological polar surface area (TPSA) is 89.5 Å². The van der Waals surface area contributed by atoms with Crippen LogP contribution < -0.4 is 10.7 Å². The van der Waals surface area contributed by atoms with Crippen molar-refractivity contribution in [2.75, 3.05) is 5.32 Å². The lowest BCUT2D eigenvalue weighted by atomic mass is 10.1. The van der Waals surface area contributed by atoms with Crippen LogP contribution >= 0.6 is 0 Å². The fourth-order valence-electron chi connectivity index (χ4n) is 3.61. The molecule has 156 valence electrons. The number of aryl methyl sites for hydroxylation is 1. The highest BCUT2D eigenvalue weighted by molar-refractivity contribution is 6.18. The van der Waals surface area contributed by atoms with E-state index >= 15 is 0 Å². The Kier molecular flexibility index (Phi) is 4.67. The number of hydrogen-bond donors (Lipinski definition) is 1. The Labute approximate surface area is 182 Å². The van der Waals surface area contributed by atoms with Crippen LogP contribution in [0.15, 0.2) is 92.5 Å². The van der Waals surface area contributed by atoms with E-state index in [2.05, 4.69) is 5.32 Å². The van der Waals surface area contributed by atoms with E-state index in [1.807, 2.05) is 6.92 Å². The molecular weight excluding hydrogens is 406 g/mol. The Balaban J connectivity index is 1.59. The first-order valence-corrected chi connectivity index (χ1v) is 9.98. The van der Waals surface area contributed by atoms with Gasteiger partial charge in [-0.1, -0.05) is 54.1 Å². The summed E-state index contributed by atoms with van der Waals surface area (Å²) in [6.07, 6.45) is 0. The standard InChI is InChI=1S/C26H17NO5/c1-15-11-12-21-18(13-15)19(28)14-22(31-21)26(30)27-23-17-9-5-6-10-20(17)32-25(23)24(29)16-7-3-2-4-8-16/h2-14H,1H3,(H,27,30). The fourth-order valence-corrected chi connectivity index (χ4v) is 3.61. The molecule has 0 radical (unpaired) electrons. The highest BCUT2D eigenvalue weighted by Crippen LogP contribution is 2.33. The van der Waals surface area contributed by atoms with Crippen LogP contribution in [0.1, 0.15) is 32.2 Å². The lowest BCUT2D eigenvalue weighted by Gasteiger charge is -2.07. The Morgan fingerprint density at radius 3 is 2.31 bits per heavy atom. The zero-order chi connectivity index (χ0) is 22.2. The molecule has 0 unspecified atom stereocenters. The highest BCUT2D eigenvalue weighted by atomic mass is 16.4. The van der Waals surface area contributed by atoms with Gasteiger partial charge in [0.15, 0.2) is 16.9 Å². The lowest BCUT2D eigenvalue weighted by molar-refractivity contribution is 0.0997. The molecule has 0 bridgehead atoms. The minimum absolute atomic E-state index is 0.00418. The molecule has 2 aromatic heterocycles. The van der Waals surface area contributed by atoms with E-state index in [-0.39, 0.29) is 28.4 Å². The summed E-state index contributed by atoms with van der Waals surface area (Å²) in [5.74, 6) is -1.18. The maximum Gasteiger partial charge on any atom is 0.291 e. The van der Waals surface area contributed by atoms with Crippen LogP contribution in [0.4, 0.5) is 5.69 Å². The van der Waals surface area contributed by atoms with Gasteiger partial charge in [-0.3, -0.25) is 14.4 Å². The van der Waals surface area contributed by atoms with Gasteiger partial charge in [0.05, 0.1) is 11.1 Å². The number of carbonyl (C=O) groups excluding carboxylic acids is 2. The van der Waals surface area contributed by atoms with E-state index in [9.17, 15) is 14.4 Å². The number of para-hydroxylation sites is 1. The van der Waals surface area contributed by atoms with Crippen molar-refractivity contribution in [1.82, 2.24) is 0 Å². The zero-order valence-corrected chi connectivity index (χ0v) is 17.0. The minimum atomic E-state index is -0.654. The van der Waals surface area contributed by atoms with Gasteiger partial charge in [0.1, 0.15) is 11.2 Å². The summed E-state index contributed by atoms with van der Waals surface area (Å²) in [4.78, 5) is 38.6. The van der Waals surface area contributed by atoms with Gasteiger partial charge in [0.2, 0.25) is 5.78 Å². The number of benzene rings is 3. The predicted molar refractivity (Wildman–Crippen MR) is 121 cm³/mol. The second-order valence-corrected chi connectivity index (χ2v) is 7.43. The molecule has 1 N–H and O–H groups in total. The molecule has 6 heteroatoms. The molecule has 5 rings (SSSR count). The van der Waals surface area contributed by atoms with Crippen LogP contribution in [0.25, 0.3) is 21.9 Å². The normalized spacial score (nSPS) is 11.0. The van der Waals surface area contributed by atoms with Crippen molar-refractivity contribution in [3.05, 3.63) is 112 Å². The van der Waals surface area contributed by atoms with E-state index in [0.717, 1.165) is 11.6 Å². The number of anilines is 1. The summed E-state index contributed by atoms with van der Waals surface area (Å²) in [5.41, 5.74) is 2.01. The summed E-state index contributed by atoms with van der Waals surface area (Å²) < 4.78 is 11.5. The number of hydrogen-bond acceptors (Lipinski definition) is 5. The van der Waals surface area contributed by atoms with Crippen molar-refractivity contribution >= 4 is 39.3 Å². The molecule has 3 aromatic carbocycles.